The van der Waals surface area contributed by atoms with E-state index in [1.165, 1.54) is 4.90 Å². The Labute approximate surface area is 70.8 Å². The average molecular weight is 170 g/mol. The molecule has 58 valence electrons. The van der Waals surface area contributed by atoms with Crippen LogP contribution in [0.1, 0.15) is 6.92 Å². The Morgan fingerprint density at radius 1 is 1.91 bits per heavy atom. The first-order valence-corrected chi connectivity index (χ1v) is 3.67. The van der Waals surface area contributed by atoms with E-state index in [1.54, 1.807) is 13.0 Å². The molecule has 0 saturated heterocycles. The summed E-state index contributed by atoms with van der Waals surface area (Å²) < 4.78 is 0. The molecule has 1 unspecified atom stereocenters. The van der Waals surface area contributed by atoms with Gasteiger partial charge in [-0.3, -0.25) is 4.79 Å². The van der Waals surface area contributed by atoms with Crippen molar-refractivity contribution in [1.29, 1.82) is 0 Å². The van der Waals surface area contributed by atoms with Gasteiger partial charge in [-0.2, -0.15) is 0 Å². The van der Waals surface area contributed by atoms with E-state index in [1.807, 2.05) is 0 Å². The van der Waals surface area contributed by atoms with Crippen LogP contribution in [0, 0.1) is 12.3 Å². The molecule has 1 aliphatic rings. The molecule has 11 heavy (non-hydrogen) atoms. The van der Waals surface area contributed by atoms with E-state index in [9.17, 15) is 4.79 Å². The Morgan fingerprint density at radius 2 is 2.55 bits per heavy atom. The number of hydrogen-bond acceptors (Lipinski definition) is 1. The zero-order chi connectivity index (χ0) is 8.43. The molecule has 0 bridgehead atoms. The normalized spacial score (nSPS) is 23.4. The predicted octanol–water partition coefficient (Wildman–Crippen LogP) is 0.973. The SMILES string of the molecule is C#CCN1C(=O)C(C)=CC1Cl. The first-order valence-electron chi connectivity index (χ1n) is 3.23. The minimum absolute atomic E-state index is 0.0667. The van der Waals surface area contributed by atoms with Gasteiger partial charge in [0.05, 0.1) is 6.54 Å². The lowest BCUT2D eigenvalue weighted by atomic mass is 10.3. The van der Waals surface area contributed by atoms with Crippen LogP contribution in [0.5, 0.6) is 0 Å². The highest BCUT2D eigenvalue weighted by Crippen LogP contribution is 2.19. The van der Waals surface area contributed by atoms with Gasteiger partial charge in [-0.15, -0.1) is 6.42 Å². The van der Waals surface area contributed by atoms with Crippen LogP contribution in [0.3, 0.4) is 0 Å². The van der Waals surface area contributed by atoms with Gasteiger partial charge in [0, 0.05) is 5.57 Å². The highest BCUT2D eigenvalue weighted by molar-refractivity contribution is 6.24. The second-order valence-electron chi connectivity index (χ2n) is 2.36. The number of terminal acetylenes is 1. The summed E-state index contributed by atoms with van der Waals surface area (Å²) in [5.41, 5.74) is 0.304. The van der Waals surface area contributed by atoms with Crippen LogP contribution in [0.15, 0.2) is 11.6 Å². The number of carbonyl (C=O) groups is 1. The van der Waals surface area contributed by atoms with Crippen LogP contribution in [0.4, 0.5) is 0 Å². The quantitative estimate of drug-likeness (QED) is 0.326. The van der Waals surface area contributed by atoms with Gasteiger partial charge in [0.2, 0.25) is 0 Å². The molecular formula is C8H8ClNO. The van der Waals surface area contributed by atoms with E-state index < -0.39 is 0 Å². The van der Waals surface area contributed by atoms with Crippen molar-refractivity contribution in [3.05, 3.63) is 11.6 Å². The van der Waals surface area contributed by atoms with Crippen molar-refractivity contribution in [2.75, 3.05) is 6.54 Å². The summed E-state index contributed by atoms with van der Waals surface area (Å²) in [6.45, 7) is 2.01. The molecule has 1 aliphatic heterocycles. The molecule has 1 rings (SSSR count). The number of hydrogen-bond donors (Lipinski definition) is 0. The molecule has 0 aromatic rings. The fraction of sp³-hybridized carbons (Fsp3) is 0.375. The van der Waals surface area contributed by atoms with Crippen molar-refractivity contribution in [3.63, 3.8) is 0 Å². The maximum absolute atomic E-state index is 11.2. The Hall–Kier alpha value is -0.940. The van der Waals surface area contributed by atoms with Crippen molar-refractivity contribution < 1.29 is 4.79 Å². The lowest BCUT2D eigenvalue weighted by Crippen LogP contribution is -2.31. The number of amides is 1. The highest BCUT2D eigenvalue weighted by atomic mass is 35.5. The number of halogens is 1. The third kappa shape index (κ3) is 1.38. The van der Waals surface area contributed by atoms with Crippen molar-refractivity contribution in [2.45, 2.75) is 12.4 Å². The van der Waals surface area contributed by atoms with E-state index in [2.05, 4.69) is 5.92 Å². The number of alkyl halides is 1. The zero-order valence-electron chi connectivity index (χ0n) is 6.17. The molecule has 0 saturated carbocycles. The van der Waals surface area contributed by atoms with Gasteiger partial charge >= 0.3 is 0 Å². The summed E-state index contributed by atoms with van der Waals surface area (Å²) in [6, 6.07) is 0. The van der Waals surface area contributed by atoms with E-state index in [4.69, 9.17) is 18.0 Å². The van der Waals surface area contributed by atoms with Gasteiger partial charge in [-0.05, 0) is 13.0 Å². The monoisotopic (exact) mass is 169 g/mol. The van der Waals surface area contributed by atoms with Gasteiger partial charge in [0.1, 0.15) is 5.50 Å². The van der Waals surface area contributed by atoms with Gasteiger partial charge in [-0.25, -0.2) is 0 Å². The van der Waals surface area contributed by atoms with Crippen LogP contribution in [0.25, 0.3) is 0 Å². The lowest BCUT2D eigenvalue weighted by Gasteiger charge is -2.16. The molecule has 0 aliphatic carbocycles. The topological polar surface area (TPSA) is 20.3 Å². The first kappa shape index (κ1) is 8.16. The summed E-state index contributed by atoms with van der Waals surface area (Å²) >= 11 is 5.78. The molecule has 0 aromatic heterocycles. The van der Waals surface area contributed by atoms with Crippen molar-refractivity contribution in [3.8, 4) is 12.3 Å². The second-order valence-corrected chi connectivity index (χ2v) is 2.81. The third-order valence-corrected chi connectivity index (χ3v) is 1.91. The minimum atomic E-state index is -0.362. The summed E-state index contributed by atoms with van der Waals surface area (Å²) in [5.74, 6) is 2.31. The van der Waals surface area contributed by atoms with E-state index >= 15 is 0 Å². The molecule has 1 heterocycles. The van der Waals surface area contributed by atoms with Gasteiger partial charge < -0.3 is 4.90 Å². The van der Waals surface area contributed by atoms with Gasteiger partial charge in [-0.1, -0.05) is 17.5 Å². The Morgan fingerprint density at radius 3 is 2.91 bits per heavy atom. The molecule has 0 radical (unpaired) electrons. The average Bonchev–Trinajstić information content (AvgIpc) is 2.17. The second kappa shape index (κ2) is 2.98. The van der Waals surface area contributed by atoms with E-state index in [0.717, 1.165) is 0 Å². The molecule has 3 heteroatoms. The highest BCUT2D eigenvalue weighted by Gasteiger charge is 2.27. The summed E-state index contributed by atoms with van der Waals surface area (Å²) in [7, 11) is 0. The third-order valence-electron chi connectivity index (χ3n) is 1.55. The molecule has 0 fully saturated rings. The molecule has 0 N–H and O–H groups in total. The van der Waals surface area contributed by atoms with Crippen LogP contribution in [-0.4, -0.2) is 22.9 Å². The lowest BCUT2D eigenvalue weighted by molar-refractivity contribution is -0.125. The number of rotatable bonds is 1. The maximum Gasteiger partial charge on any atom is 0.251 e. The van der Waals surface area contributed by atoms with Crippen LogP contribution in [-0.2, 0) is 4.79 Å². The van der Waals surface area contributed by atoms with Gasteiger partial charge in [0.25, 0.3) is 5.91 Å². The standard InChI is InChI=1S/C8H8ClNO/c1-3-4-10-7(9)5-6(2)8(10)11/h1,5,7H,4H2,2H3. The smallest absolute Gasteiger partial charge is 0.251 e. The molecule has 1 atom stereocenters. The Bertz CT molecular complexity index is 251. The molecule has 1 amide bonds. The zero-order valence-corrected chi connectivity index (χ0v) is 6.93. The maximum atomic E-state index is 11.2. The fourth-order valence-electron chi connectivity index (χ4n) is 0.963. The molecular weight excluding hydrogens is 162 g/mol. The predicted molar refractivity (Wildman–Crippen MR) is 43.9 cm³/mol. The number of carbonyl (C=O) groups excluding carboxylic acids is 1. The van der Waals surface area contributed by atoms with Crippen LogP contribution >= 0.6 is 11.6 Å². The first-order chi connectivity index (χ1) is 5.16. The molecule has 2 nitrogen and oxygen atoms in total. The molecule has 0 spiro atoms. The summed E-state index contributed by atoms with van der Waals surface area (Å²) in [4.78, 5) is 12.6. The summed E-state index contributed by atoms with van der Waals surface area (Å²) in [6.07, 6.45) is 6.75. The minimum Gasteiger partial charge on any atom is -0.308 e. The van der Waals surface area contributed by atoms with Crippen molar-refractivity contribution in [2.24, 2.45) is 0 Å². The molecule has 0 aromatic carbocycles. The largest absolute Gasteiger partial charge is 0.308 e. The number of nitrogens with zero attached hydrogens (tertiary/aromatic N) is 1. The Balaban J connectivity index is 2.74. The van der Waals surface area contributed by atoms with Crippen LogP contribution in [0.2, 0.25) is 0 Å². The fourth-order valence-corrected chi connectivity index (χ4v) is 1.31. The summed E-state index contributed by atoms with van der Waals surface area (Å²) in [5, 5.41) is 0. The van der Waals surface area contributed by atoms with Gasteiger partial charge in [0.15, 0.2) is 0 Å². The van der Waals surface area contributed by atoms with Crippen molar-refractivity contribution >= 4 is 17.5 Å². The van der Waals surface area contributed by atoms with Crippen LogP contribution < -0.4 is 0 Å². The Kier molecular flexibility index (Phi) is 2.21. The van der Waals surface area contributed by atoms with E-state index in [0.29, 0.717) is 5.57 Å². The van der Waals surface area contributed by atoms with Crippen molar-refractivity contribution in [1.82, 2.24) is 4.90 Å². The van der Waals surface area contributed by atoms with E-state index in [-0.39, 0.29) is 18.0 Å².